The maximum absolute atomic E-state index is 13.2. The number of nitrogens with zero attached hydrogens (tertiary/aromatic N) is 1. The van der Waals surface area contributed by atoms with Crippen LogP contribution in [0.15, 0.2) is 24.3 Å². The lowest BCUT2D eigenvalue weighted by atomic mass is 10.0. The molecule has 0 aliphatic rings. The fourth-order valence-electron chi connectivity index (χ4n) is 2.98. The second-order valence-electron chi connectivity index (χ2n) is 5.77. The van der Waals surface area contributed by atoms with E-state index in [1.54, 1.807) is 24.3 Å². The van der Waals surface area contributed by atoms with Gasteiger partial charge >= 0.3 is 0 Å². The third-order valence-electron chi connectivity index (χ3n) is 4.32. The SMILES string of the molecule is COc1cc(C(=O)c2[nH]nc3c(C#CC=O)c(OC)ccc23)cc(OC)c1OC. The van der Waals surface area contributed by atoms with Gasteiger partial charge in [-0.3, -0.25) is 14.7 Å². The van der Waals surface area contributed by atoms with Gasteiger partial charge in [-0.2, -0.15) is 5.10 Å². The van der Waals surface area contributed by atoms with Crippen molar-refractivity contribution >= 4 is 23.0 Å². The van der Waals surface area contributed by atoms with Crippen LogP contribution in [-0.4, -0.2) is 50.7 Å². The molecule has 0 aliphatic heterocycles. The zero-order valence-corrected chi connectivity index (χ0v) is 16.3. The van der Waals surface area contributed by atoms with Crippen molar-refractivity contribution < 1.29 is 28.5 Å². The molecule has 1 aromatic heterocycles. The van der Waals surface area contributed by atoms with E-state index in [0.717, 1.165) is 0 Å². The van der Waals surface area contributed by atoms with E-state index in [9.17, 15) is 9.59 Å². The number of hydrogen-bond donors (Lipinski definition) is 1. The number of ether oxygens (including phenoxy) is 4. The zero-order valence-electron chi connectivity index (χ0n) is 16.3. The fraction of sp³-hybridized carbons (Fsp3) is 0.190. The summed E-state index contributed by atoms with van der Waals surface area (Å²) in [6.07, 6.45) is 0.479. The van der Waals surface area contributed by atoms with Gasteiger partial charge in [0.2, 0.25) is 11.5 Å². The summed E-state index contributed by atoms with van der Waals surface area (Å²) in [6.45, 7) is 0. The largest absolute Gasteiger partial charge is 0.495 e. The quantitative estimate of drug-likeness (QED) is 0.389. The van der Waals surface area contributed by atoms with Crippen molar-refractivity contribution in [1.29, 1.82) is 0 Å². The minimum Gasteiger partial charge on any atom is -0.495 e. The average Bonchev–Trinajstić information content (AvgIpc) is 3.19. The number of aromatic nitrogens is 2. The van der Waals surface area contributed by atoms with E-state index in [4.69, 9.17) is 18.9 Å². The van der Waals surface area contributed by atoms with E-state index in [2.05, 4.69) is 22.0 Å². The molecule has 0 saturated carbocycles. The van der Waals surface area contributed by atoms with E-state index < -0.39 is 0 Å². The van der Waals surface area contributed by atoms with E-state index >= 15 is 0 Å². The molecule has 0 radical (unpaired) electrons. The molecule has 0 saturated heterocycles. The van der Waals surface area contributed by atoms with Crippen LogP contribution in [0.4, 0.5) is 0 Å². The molecule has 8 heteroatoms. The Morgan fingerprint density at radius 2 is 1.66 bits per heavy atom. The summed E-state index contributed by atoms with van der Waals surface area (Å²) in [4.78, 5) is 23.8. The Labute approximate surface area is 166 Å². The molecule has 0 atom stereocenters. The van der Waals surface area contributed by atoms with E-state index in [-0.39, 0.29) is 11.5 Å². The Morgan fingerprint density at radius 3 is 2.21 bits per heavy atom. The number of hydrogen-bond acceptors (Lipinski definition) is 7. The van der Waals surface area contributed by atoms with Crippen molar-refractivity contribution in [3.63, 3.8) is 0 Å². The summed E-state index contributed by atoms with van der Waals surface area (Å²) in [5.74, 6) is 6.28. The minimum atomic E-state index is -0.328. The summed E-state index contributed by atoms with van der Waals surface area (Å²) in [6, 6.07) is 6.49. The number of methoxy groups -OCH3 is 4. The van der Waals surface area contributed by atoms with Gasteiger partial charge in [-0.25, -0.2) is 0 Å². The molecular formula is C21H18N2O6. The zero-order chi connectivity index (χ0) is 21.0. The van der Waals surface area contributed by atoms with Gasteiger partial charge in [-0.1, -0.05) is 5.92 Å². The molecule has 1 heterocycles. The average molecular weight is 394 g/mol. The normalized spacial score (nSPS) is 10.1. The molecule has 0 bridgehead atoms. The highest BCUT2D eigenvalue weighted by Crippen LogP contribution is 2.39. The van der Waals surface area contributed by atoms with Crippen LogP contribution in [0.3, 0.4) is 0 Å². The lowest BCUT2D eigenvalue weighted by molar-refractivity contribution is -0.103. The van der Waals surface area contributed by atoms with Crippen molar-refractivity contribution in [1.82, 2.24) is 10.2 Å². The van der Waals surface area contributed by atoms with Gasteiger partial charge in [0.15, 0.2) is 17.8 Å². The lowest BCUT2D eigenvalue weighted by Gasteiger charge is -2.13. The Hall–Kier alpha value is -3.99. The van der Waals surface area contributed by atoms with Crippen molar-refractivity contribution in [2.45, 2.75) is 0 Å². The summed E-state index contributed by atoms with van der Waals surface area (Å²) in [7, 11) is 5.92. The van der Waals surface area contributed by atoms with E-state index in [1.807, 2.05) is 0 Å². The number of fused-ring (bicyclic) bond motifs is 1. The van der Waals surface area contributed by atoms with Gasteiger partial charge in [-0.05, 0) is 30.2 Å². The van der Waals surface area contributed by atoms with Crippen LogP contribution < -0.4 is 18.9 Å². The number of H-pyrrole nitrogens is 1. The monoisotopic (exact) mass is 394 g/mol. The summed E-state index contributed by atoms with van der Waals surface area (Å²) in [5.41, 5.74) is 1.42. The number of ketones is 1. The number of aldehydes is 1. The van der Waals surface area contributed by atoms with Gasteiger partial charge in [0.25, 0.3) is 0 Å². The van der Waals surface area contributed by atoms with Gasteiger partial charge in [0.05, 0.1) is 34.0 Å². The molecule has 0 amide bonds. The molecule has 3 rings (SSSR count). The van der Waals surface area contributed by atoms with E-state index in [0.29, 0.717) is 51.3 Å². The second-order valence-corrected chi connectivity index (χ2v) is 5.77. The van der Waals surface area contributed by atoms with Crippen molar-refractivity contribution in [2.24, 2.45) is 0 Å². The molecule has 148 valence electrons. The van der Waals surface area contributed by atoms with Crippen LogP contribution >= 0.6 is 0 Å². The molecule has 3 aromatic rings. The van der Waals surface area contributed by atoms with Gasteiger partial charge < -0.3 is 18.9 Å². The van der Waals surface area contributed by atoms with Gasteiger partial charge in [0.1, 0.15) is 17.0 Å². The third-order valence-corrected chi connectivity index (χ3v) is 4.32. The molecule has 0 unspecified atom stereocenters. The maximum atomic E-state index is 13.2. The first-order valence-corrected chi connectivity index (χ1v) is 8.44. The highest BCUT2D eigenvalue weighted by atomic mass is 16.5. The van der Waals surface area contributed by atoms with Gasteiger partial charge in [0, 0.05) is 10.9 Å². The number of carbonyl (C=O) groups excluding carboxylic acids is 2. The molecule has 29 heavy (non-hydrogen) atoms. The van der Waals surface area contributed by atoms with Crippen LogP contribution in [-0.2, 0) is 4.79 Å². The third kappa shape index (κ3) is 3.46. The lowest BCUT2D eigenvalue weighted by Crippen LogP contribution is -2.05. The highest BCUT2D eigenvalue weighted by Gasteiger charge is 2.22. The Kier molecular flexibility index (Phi) is 5.69. The molecule has 2 aromatic carbocycles. The number of rotatable bonds is 6. The number of carbonyl (C=O) groups is 2. The molecule has 8 nitrogen and oxygen atoms in total. The van der Waals surface area contributed by atoms with Crippen molar-refractivity contribution in [2.75, 3.05) is 28.4 Å². The predicted molar refractivity (Wildman–Crippen MR) is 105 cm³/mol. The summed E-state index contributed by atoms with van der Waals surface area (Å²) in [5, 5.41) is 7.52. The number of nitrogens with one attached hydrogen (secondary N) is 1. The Bertz CT molecular complexity index is 1130. The fourth-order valence-corrected chi connectivity index (χ4v) is 2.98. The van der Waals surface area contributed by atoms with Crippen LogP contribution in [0.2, 0.25) is 0 Å². The smallest absolute Gasteiger partial charge is 0.211 e. The van der Waals surface area contributed by atoms with Crippen LogP contribution in [0.25, 0.3) is 10.9 Å². The Morgan fingerprint density at radius 1 is 1.00 bits per heavy atom. The molecule has 1 N–H and O–H groups in total. The first-order chi connectivity index (χ1) is 14.1. The second kappa shape index (κ2) is 8.35. The minimum absolute atomic E-state index is 0.256. The molecule has 0 spiro atoms. The number of aromatic amines is 1. The topological polar surface area (TPSA) is 99.7 Å². The molecule has 0 aliphatic carbocycles. The maximum Gasteiger partial charge on any atom is 0.211 e. The van der Waals surface area contributed by atoms with Crippen LogP contribution in [0.1, 0.15) is 21.6 Å². The standard InChI is InChI=1S/C21H18N2O6/c1-26-15-8-7-14-18(13(15)6-5-9-24)22-23-19(14)20(25)12-10-16(27-2)21(29-4)17(11-12)28-3/h7-11H,1-4H3,(H,22,23). The number of benzene rings is 2. The first-order valence-electron chi connectivity index (χ1n) is 8.44. The predicted octanol–water partition coefficient (Wildman–Crippen LogP) is 2.38. The van der Waals surface area contributed by atoms with Gasteiger partial charge in [-0.15, -0.1) is 0 Å². The van der Waals surface area contributed by atoms with Crippen molar-refractivity contribution in [3.05, 3.63) is 41.1 Å². The summed E-state index contributed by atoms with van der Waals surface area (Å²) >= 11 is 0. The van der Waals surface area contributed by atoms with Crippen LogP contribution in [0, 0.1) is 11.8 Å². The van der Waals surface area contributed by atoms with E-state index in [1.165, 1.54) is 28.4 Å². The van der Waals surface area contributed by atoms with Crippen molar-refractivity contribution in [3.8, 4) is 34.8 Å². The first kappa shape index (κ1) is 19.8. The molecular weight excluding hydrogens is 376 g/mol. The molecule has 0 fully saturated rings. The van der Waals surface area contributed by atoms with Crippen LogP contribution in [0.5, 0.6) is 23.0 Å². The Balaban J connectivity index is 2.17. The summed E-state index contributed by atoms with van der Waals surface area (Å²) < 4.78 is 21.2. The highest BCUT2D eigenvalue weighted by molar-refractivity contribution is 6.16.